The van der Waals surface area contributed by atoms with Crippen LogP contribution in [0.2, 0.25) is 0 Å². The zero-order chi connectivity index (χ0) is 13.1. The zero-order valence-electron chi connectivity index (χ0n) is 10.8. The molecule has 0 radical (unpaired) electrons. The summed E-state index contributed by atoms with van der Waals surface area (Å²) in [6.45, 7) is 0.585. The van der Waals surface area contributed by atoms with Crippen molar-refractivity contribution in [1.29, 1.82) is 0 Å². The fourth-order valence-electron chi connectivity index (χ4n) is 3.29. The lowest BCUT2D eigenvalue weighted by Crippen LogP contribution is -2.39. The van der Waals surface area contributed by atoms with Crippen molar-refractivity contribution in [2.24, 2.45) is 0 Å². The number of pyridine rings is 1. The van der Waals surface area contributed by atoms with Crippen molar-refractivity contribution in [3.05, 3.63) is 60.8 Å². The van der Waals surface area contributed by atoms with Crippen LogP contribution in [0.25, 0.3) is 32.4 Å². The van der Waals surface area contributed by atoms with Gasteiger partial charge < -0.3 is 4.74 Å². The van der Waals surface area contributed by atoms with Gasteiger partial charge in [0.2, 0.25) is 5.52 Å². The number of fused-ring (bicyclic) bond motifs is 2. The first-order chi connectivity index (χ1) is 9.92. The molecule has 4 aromatic rings. The van der Waals surface area contributed by atoms with Gasteiger partial charge in [0.25, 0.3) is 6.73 Å². The van der Waals surface area contributed by atoms with E-state index < -0.39 is 0 Å². The highest BCUT2D eigenvalue weighted by molar-refractivity contribution is 6.18. The molecule has 0 amide bonds. The molecule has 2 heteroatoms. The van der Waals surface area contributed by atoms with Crippen LogP contribution in [0.3, 0.4) is 0 Å². The van der Waals surface area contributed by atoms with Crippen molar-refractivity contribution in [2.45, 2.75) is 6.73 Å². The highest BCUT2D eigenvalue weighted by atomic mass is 16.5. The molecule has 0 atom stereocenters. The van der Waals surface area contributed by atoms with Crippen LogP contribution in [0.5, 0.6) is 5.75 Å². The summed E-state index contributed by atoms with van der Waals surface area (Å²) in [4.78, 5) is 0. The molecule has 94 valence electrons. The number of rotatable bonds is 0. The van der Waals surface area contributed by atoms with Crippen LogP contribution in [0.15, 0.2) is 60.8 Å². The maximum Gasteiger partial charge on any atom is 0.292 e. The van der Waals surface area contributed by atoms with Crippen LogP contribution in [-0.2, 0) is 6.73 Å². The molecule has 0 bridgehead atoms. The SMILES string of the molecule is c1ccc2c(c1)cc1c3c2ccc2ccc[n+](c23)CO1. The highest BCUT2D eigenvalue weighted by Crippen LogP contribution is 2.38. The van der Waals surface area contributed by atoms with Crippen molar-refractivity contribution in [3.8, 4) is 5.75 Å². The molecule has 0 saturated carbocycles. The summed E-state index contributed by atoms with van der Waals surface area (Å²) in [7, 11) is 0. The van der Waals surface area contributed by atoms with E-state index in [2.05, 4.69) is 65.4 Å². The van der Waals surface area contributed by atoms with Gasteiger partial charge in [0, 0.05) is 11.5 Å². The molecule has 1 aliphatic rings. The van der Waals surface area contributed by atoms with Crippen LogP contribution in [0.4, 0.5) is 0 Å². The van der Waals surface area contributed by atoms with Crippen LogP contribution >= 0.6 is 0 Å². The average molecular weight is 258 g/mol. The molecule has 1 aromatic heterocycles. The monoisotopic (exact) mass is 258 g/mol. The summed E-state index contributed by atoms with van der Waals surface area (Å²) in [6.07, 6.45) is 2.08. The second kappa shape index (κ2) is 3.48. The van der Waals surface area contributed by atoms with E-state index in [9.17, 15) is 0 Å². The quantitative estimate of drug-likeness (QED) is 0.345. The first-order valence-corrected chi connectivity index (χ1v) is 6.81. The molecule has 0 saturated heterocycles. The molecule has 1 aliphatic heterocycles. The van der Waals surface area contributed by atoms with Gasteiger partial charge in [-0.1, -0.05) is 30.3 Å². The largest absolute Gasteiger partial charge is 0.435 e. The van der Waals surface area contributed by atoms with Gasteiger partial charge in [0.05, 0.1) is 5.39 Å². The van der Waals surface area contributed by atoms with Gasteiger partial charge in [-0.25, -0.2) is 0 Å². The number of hydrogen-bond acceptors (Lipinski definition) is 1. The summed E-state index contributed by atoms with van der Waals surface area (Å²) in [6, 6.07) is 19.3. The summed E-state index contributed by atoms with van der Waals surface area (Å²) >= 11 is 0. The summed E-state index contributed by atoms with van der Waals surface area (Å²) in [5.74, 6) is 0.996. The van der Waals surface area contributed by atoms with E-state index >= 15 is 0 Å². The minimum Gasteiger partial charge on any atom is -0.435 e. The van der Waals surface area contributed by atoms with Crippen molar-refractivity contribution in [1.82, 2.24) is 0 Å². The molecule has 0 N–H and O–H groups in total. The highest BCUT2D eigenvalue weighted by Gasteiger charge is 2.22. The van der Waals surface area contributed by atoms with Gasteiger partial charge in [-0.05, 0) is 34.4 Å². The normalized spacial score (nSPS) is 13.2. The number of hydrogen-bond donors (Lipinski definition) is 0. The predicted molar refractivity (Wildman–Crippen MR) is 79.8 cm³/mol. The van der Waals surface area contributed by atoms with Gasteiger partial charge in [0.1, 0.15) is 5.75 Å². The average Bonchev–Trinajstić information content (AvgIpc) is 2.52. The van der Waals surface area contributed by atoms with E-state index in [-0.39, 0.29) is 0 Å². The molecule has 3 aromatic carbocycles. The lowest BCUT2D eigenvalue weighted by atomic mass is 9.98. The van der Waals surface area contributed by atoms with Crippen LogP contribution in [0, 0.1) is 0 Å². The van der Waals surface area contributed by atoms with E-state index in [1.54, 1.807) is 0 Å². The molecule has 0 aliphatic carbocycles. The second-order valence-corrected chi connectivity index (χ2v) is 5.27. The first-order valence-electron chi connectivity index (χ1n) is 6.81. The fourth-order valence-corrected chi connectivity index (χ4v) is 3.29. The van der Waals surface area contributed by atoms with Crippen molar-refractivity contribution < 1.29 is 9.30 Å². The van der Waals surface area contributed by atoms with Crippen LogP contribution in [0.1, 0.15) is 0 Å². The summed E-state index contributed by atoms with van der Waals surface area (Å²) in [5.41, 5.74) is 1.28. The minimum atomic E-state index is 0.585. The van der Waals surface area contributed by atoms with E-state index in [0.717, 1.165) is 5.75 Å². The molecular formula is C18H12NO+. The van der Waals surface area contributed by atoms with Gasteiger partial charge in [-0.15, -0.1) is 0 Å². The predicted octanol–water partition coefficient (Wildman–Crippen LogP) is 3.78. The topological polar surface area (TPSA) is 13.1 Å². The Hall–Kier alpha value is -2.61. The Morgan fingerprint density at radius 1 is 0.850 bits per heavy atom. The van der Waals surface area contributed by atoms with Crippen molar-refractivity contribution >= 4 is 32.4 Å². The molecule has 20 heavy (non-hydrogen) atoms. The van der Waals surface area contributed by atoms with E-state index in [1.165, 1.54) is 32.4 Å². The number of nitrogens with zero attached hydrogens (tertiary/aromatic N) is 1. The Bertz CT molecular complexity index is 1000. The summed E-state index contributed by atoms with van der Waals surface area (Å²) < 4.78 is 8.14. The minimum absolute atomic E-state index is 0.585. The third-order valence-electron chi connectivity index (χ3n) is 4.18. The van der Waals surface area contributed by atoms with Gasteiger partial charge in [-0.2, -0.15) is 4.57 Å². The third kappa shape index (κ3) is 1.16. The molecule has 0 fully saturated rings. The van der Waals surface area contributed by atoms with Gasteiger partial charge in [0.15, 0.2) is 6.20 Å². The van der Waals surface area contributed by atoms with E-state index in [1.807, 2.05) is 0 Å². The second-order valence-electron chi connectivity index (χ2n) is 5.27. The maximum atomic E-state index is 5.96. The van der Waals surface area contributed by atoms with Crippen molar-refractivity contribution in [3.63, 3.8) is 0 Å². The van der Waals surface area contributed by atoms with Crippen LogP contribution in [-0.4, -0.2) is 0 Å². The molecule has 0 spiro atoms. The number of benzene rings is 3. The lowest BCUT2D eigenvalue weighted by molar-refractivity contribution is -0.701. The van der Waals surface area contributed by atoms with Crippen molar-refractivity contribution in [2.75, 3.05) is 0 Å². The molecular weight excluding hydrogens is 246 g/mol. The Morgan fingerprint density at radius 3 is 2.75 bits per heavy atom. The summed E-state index contributed by atoms with van der Waals surface area (Å²) in [5, 5.41) is 6.28. The Labute approximate surface area is 115 Å². The third-order valence-corrected chi connectivity index (χ3v) is 4.18. The van der Waals surface area contributed by atoms with Crippen LogP contribution < -0.4 is 9.30 Å². The molecule has 2 nitrogen and oxygen atoms in total. The molecule has 5 rings (SSSR count). The first kappa shape index (κ1) is 10.2. The van der Waals surface area contributed by atoms with Gasteiger partial charge in [-0.3, -0.25) is 0 Å². The fraction of sp³-hybridized carbons (Fsp3) is 0.0556. The Kier molecular flexibility index (Phi) is 1.78. The van der Waals surface area contributed by atoms with E-state index in [4.69, 9.17) is 4.74 Å². The Balaban J connectivity index is 2.17. The standard InChI is InChI=1S/C18H12NO/c1-2-6-14-13(4-1)10-16-17-15(14)8-7-12-5-3-9-19(11-20-16)18(12)17/h1-10H,11H2/q+1. The molecule has 0 unspecified atom stereocenters. The molecule has 2 heterocycles. The van der Waals surface area contributed by atoms with Gasteiger partial charge >= 0.3 is 0 Å². The smallest absolute Gasteiger partial charge is 0.292 e. The number of aromatic nitrogens is 1. The number of ether oxygens (including phenoxy) is 1. The maximum absolute atomic E-state index is 5.96. The van der Waals surface area contributed by atoms with E-state index in [0.29, 0.717) is 6.73 Å². The zero-order valence-corrected chi connectivity index (χ0v) is 10.8. The lowest BCUT2D eigenvalue weighted by Gasteiger charge is -2.16. The Morgan fingerprint density at radius 2 is 1.75 bits per heavy atom.